The van der Waals surface area contributed by atoms with Crippen molar-refractivity contribution in [3.63, 3.8) is 0 Å². The molecule has 0 aromatic carbocycles. The summed E-state index contributed by atoms with van der Waals surface area (Å²) in [6, 6.07) is 0.903. The van der Waals surface area contributed by atoms with Crippen LogP contribution in [-0.4, -0.2) is 52.7 Å². The van der Waals surface area contributed by atoms with Crippen LogP contribution in [0.5, 0.6) is 0 Å². The molecule has 2 aliphatic heterocycles. The van der Waals surface area contributed by atoms with Crippen LogP contribution in [0.3, 0.4) is 0 Å². The SMILES string of the molecule is CC(C)(C)OC(=O)N1CC2(CCN(c3ncc([N+](=O)[O-])cc3F)CC2)C1. The fraction of sp³-hybridized carbons (Fsp3) is 0.647. The number of hydrogen-bond donors (Lipinski definition) is 0. The molecule has 26 heavy (non-hydrogen) atoms. The number of halogens is 1. The van der Waals surface area contributed by atoms with E-state index in [1.54, 1.807) is 9.80 Å². The zero-order chi connectivity index (χ0) is 19.1. The zero-order valence-electron chi connectivity index (χ0n) is 15.2. The molecule has 0 atom stereocenters. The Hall–Kier alpha value is -2.45. The van der Waals surface area contributed by atoms with Gasteiger partial charge in [-0.05, 0) is 33.6 Å². The first-order chi connectivity index (χ1) is 12.1. The predicted molar refractivity (Wildman–Crippen MR) is 92.5 cm³/mol. The molecule has 2 aliphatic rings. The van der Waals surface area contributed by atoms with Gasteiger partial charge in [-0.2, -0.15) is 0 Å². The van der Waals surface area contributed by atoms with Crippen molar-refractivity contribution in [1.82, 2.24) is 9.88 Å². The Labute approximate surface area is 151 Å². The number of ether oxygens (including phenoxy) is 1. The first-order valence-electron chi connectivity index (χ1n) is 8.61. The average Bonchev–Trinajstić information content (AvgIpc) is 2.51. The standard InChI is InChI=1S/C17H23FN4O4/c1-16(2,3)26-15(23)21-10-17(11-21)4-6-20(7-5-17)14-13(18)8-12(9-19-14)22(24)25/h8-9H,4-7,10-11H2,1-3H3. The molecule has 3 rings (SSSR count). The maximum Gasteiger partial charge on any atom is 0.410 e. The second kappa shape index (κ2) is 6.37. The molecule has 0 bridgehead atoms. The van der Waals surface area contributed by atoms with Gasteiger partial charge in [0.25, 0.3) is 5.69 Å². The van der Waals surface area contributed by atoms with Crippen LogP contribution >= 0.6 is 0 Å². The Morgan fingerprint density at radius 3 is 2.46 bits per heavy atom. The number of carbonyl (C=O) groups is 1. The van der Waals surface area contributed by atoms with E-state index in [-0.39, 0.29) is 23.0 Å². The normalized spacial score (nSPS) is 19.2. The van der Waals surface area contributed by atoms with Crippen LogP contribution in [0.1, 0.15) is 33.6 Å². The van der Waals surface area contributed by atoms with Crippen molar-refractivity contribution >= 4 is 17.6 Å². The highest BCUT2D eigenvalue weighted by Crippen LogP contribution is 2.42. The van der Waals surface area contributed by atoms with Gasteiger partial charge in [0.15, 0.2) is 11.6 Å². The van der Waals surface area contributed by atoms with Crippen molar-refractivity contribution in [2.24, 2.45) is 5.41 Å². The molecule has 0 saturated carbocycles. The van der Waals surface area contributed by atoms with Gasteiger partial charge in [0.1, 0.15) is 11.8 Å². The maximum atomic E-state index is 14.1. The van der Waals surface area contributed by atoms with E-state index >= 15 is 0 Å². The summed E-state index contributed by atoms with van der Waals surface area (Å²) >= 11 is 0. The van der Waals surface area contributed by atoms with E-state index in [1.165, 1.54) is 0 Å². The van der Waals surface area contributed by atoms with Crippen LogP contribution < -0.4 is 4.90 Å². The topological polar surface area (TPSA) is 88.8 Å². The molecule has 1 aromatic heterocycles. The molecule has 9 heteroatoms. The average molecular weight is 366 g/mol. The molecule has 0 radical (unpaired) electrons. The third-order valence-corrected chi connectivity index (χ3v) is 4.85. The fourth-order valence-electron chi connectivity index (χ4n) is 3.48. The second-order valence-corrected chi connectivity index (χ2v) is 8.08. The number of piperidine rings is 1. The minimum absolute atomic E-state index is 0.0463. The number of rotatable bonds is 2. The largest absolute Gasteiger partial charge is 0.444 e. The third kappa shape index (κ3) is 3.71. The van der Waals surface area contributed by atoms with Crippen molar-refractivity contribution in [2.45, 2.75) is 39.2 Å². The van der Waals surface area contributed by atoms with Crippen molar-refractivity contribution < 1.29 is 18.8 Å². The summed E-state index contributed by atoms with van der Waals surface area (Å²) in [5, 5.41) is 10.7. The van der Waals surface area contributed by atoms with Crippen molar-refractivity contribution in [3.8, 4) is 0 Å². The molecule has 8 nitrogen and oxygen atoms in total. The van der Waals surface area contributed by atoms with Crippen LogP contribution in [0.15, 0.2) is 12.3 Å². The molecule has 3 heterocycles. The van der Waals surface area contributed by atoms with Gasteiger partial charge in [-0.15, -0.1) is 0 Å². The Bertz CT molecular complexity index is 718. The van der Waals surface area contributed by atoms with Crippen LogP contribution in [0.2, 0.25) is 0 Å². The molecule has 0 unspecified atom stereocenters. The van der Waals surface area contributed by atoms with Gasteiger partial charge >= 0.3 is 6.09 Å². The summed E-state index contributed by atoms with van der Waals surface area (Å²) < 4.78 is 19.5. The Kier molecular flexibility index (Phi) is 4.49. The minimum Gasteiger partial charge on any atom is -0.444 e. The first-order valence-corrected chi connectivity index (χ1v) is 8.61. The molecular formula is C17H23FN4O4. The first kappa shape index (κ1) is 18.3. The Morgan fingerprint density at radius 2 is 1.96 bits per heavy atom. The Morgan fingerprint density at radius 1 is 1.35 bits per heavy atom. The fourth-order valence-corrected chi connectivity index (χ4v) is 3.48. The molecule has 142 valence electrons. The quantitative estimate of drug-likeness (QED) is 0.591. The summed E-state index contributed by atoms with van der Waals surface area (Å²) in [6.07, 6.45) is 2.40. The molecule has 2 saturated heterocycles. The van der Waals surface area contributed by atoms with Gasteiger partial charge in [0.2, 0.25) is 0 Å². The number of hydrogen-bond acceptors (Lipinski definition) is 6. The smallest absolute Gasteiger partial charge is 0.410 e. The number of nitro groups is 1. The summed E-state index contributed by atoms with van der Waals surface area (Å²) in [6.45, 7) is 8.01. The van der Waals surface area contributed by atoms with E-state index in [4.69, 9.17) is 4.74 Å². The van der Waals surface area contributed by atoms with E-state index in [9.17, 15) is 19.3 Å². The van der Waals surface area contributed by atoms with Crippen molar-refractivity contribution in [3.05, 3.63) is 28.2 Å². The van der Waals surface area contributed by atoms with E-state index in [2.05, 4.69) is 4.98 Å². The zero-order valence-corrected chi connectivity index (χ0v) is 15.2. The van der Waals surface area contributed by atoms with Gasteiger partial charge in [0.05, 0.1) is 11.0 Å². The summed E-state index contributed by atoms with van der Waals surface area (Å²) in [5.41, 5.74) is -0.820. The highest BCUT2D eigenvalue weighted by Gasteiger charge is 2.48. The Balaban J connectivity index is 1.56. The van der Waals surface area contributed by atoms with E-state index < -0.39 is 16.3 Å². The molecule has 0 aliphatic carbocycles. The molecular weight excluding hydrogens is 343 g/mol. The number of anilines is 1. The number of aromatic nitrogens is 1. The number of carbonyl (C=O) groups excluding carboxylic acids is 1. The lowest BCUT2D eigenvalue weighted by atomic mass is 9.72. The highest BCUT2D eigenvalue weighted by molar-refractivity contribution is 5.69. The van der Waals surface area contributed by atoms with Gasteiger partial charge < -0.3 is 14.5 Å². The van der Waals surface area contributed by atoms with E-state index in [1.807, 2.05) is 20.8 Å². The van der Waals surface area contributed by atoms with Gasteiger partial charge in [-0.1, -0.05) is 0 Å². The van der Waals surface area contributed by atoms with Crippen LogP contribution in [0.4, 0.5) is 20.7 Å². The lowest BCUT2D eigenvalue weighted by Crippen LogP contribution is -2.62. The lowest BCUT2D eigenvalue weighted by molar-refractivity contribution is -0.385. The molecule has 1 amide bonds. The van der Waals surface area contributed by atoms with Gasteiger partial charge in [-0.3, -0.25) is 10.1 Å². The lowest BCUT2D eigenvalue weighted by Gasteiger charge is -2.53. The predicted octanol–water partition coefficient (Wildman–Crippen LogP) is 2.97. The van der Waals surface area contributed by atoms with E-state index in [0.717, 1.165) is 25.1 Å². The van der Waals surface area contributed by atoms with Crippen molar-refractivity contribution in [2.75, 3.05) is 31.1 Å². The third-order valence-electron chi connectivity index (χ3n) is 4.85. The van der Waals surface area contributed by atoms with Crippen LogP contribution in [0, 0.1) is 21.3 Å². The molecule has 0 N–H and O–H groups in total. The summed E-state index contributed by atoms with van der Waals surface area (Å²) in [4.78, 5) is 29.5. The minimum atomic E-state index is -0.681. The van der Waals surface area contributed by atoms with Gasteiger partial charge in [0, 0.05) is 31.6 Å². The van der Waals surface area contributed by atoms with Gasteiger partial charge in [-0.25, -0.2) is 14.2 Å². The van der Waals surface area contributed by atoms with Crippen LogP contribution in [0.25, 0.3) is 0 Å². The van der Waals surface area contributed by atoms with Crippen molar-refractivity contribution in [1.29, 1.82) is 0 Å². The number of amides is 1. The molecule has 1 spiro atoms. The maximum absolute atomic E-state index is 14.1. The van der Waals surface area contributed by atoms with Crippen LogP contribution in [-0.2, 0) is 4.74 Å². The number of nitrogens with zero attached hydrogens (tertiary/aromatic N) is 4. The summed E-state index contributed by atoms with van der Waals surface area (Å²) in [7, 11) is 0. The monoisotopic (exact) mass is 366 g/mol. The number of likely N-dealkylation sites (tertiary alicyclic amines) is 1. The number of pyridine rings is 1. The molecule has 1 aromatic rings. The summed E-state index contributed by atoms with van der Waals surface area (Å²) in [5.74, 6) is -0.534. The second-order valence-electron chi connectivity index (χ2n) is 8.08. The van der Waals surface area contributed by atoms with E-state index in [0.29, 0.717) is 26.2 Å². The highest BCUT2D eigenvalue weighted by atomic mass is 19.1. The molecule has 2 fully saturated rings.